The number of hydrogen-bond donors (Lipinski definition) is 2. The van der Waals surface area contributed by atoms with E-state index in [2.05, 4.69) is 5.32 Å². The van der Waals surface area contributed by atoms with Gasteiger partial charge < -0.3 is 15.8 Å². The van der Waals surface area contributed by atoms with Crippen LogP contribution in [-0.2, 0) is 9.53 Å². The van der Waals surface area contributed by atoms with E-state index in [1.807, 2.05) is 37.3 Å². The lowest BCUT2D eigenvalue weighted by Gasteiger charge is -2.14. The first kappa shape index (κ1) is 12.7. The molecule has 16 heavy (non-hydrogen) atoms. The minimum absolute atomic E-state index is 0.00447. The number of nitrogens with one attached hydrogen (secondary N) is 1. The van der Waals surface area contributed by atoms with Gasteiger partial charge in [-0.05, 0) is 12.5 Å². The average Bonchev–Trinajstić information content (AvgIpc) is 2.30. The highest BCUT2D eigenvalue weighted by atomic mass is 16.5. The molecule has 0 aliphatic rings. The van der Waals surface area contributed by atoms with Crippen LogP contribution >= 0.6 is 0 Å². The Balaban J connectivity index is 2.34. The van der Waals surface area contributed by atoms with E-state index in [1.54, 1.807) is 0 Å². The molecule has 0 aromatic heterocycles. The van der Waals surface area contributed by atoms with Crippen LogP contribution in [0.25, 0.3) is 0 Å². The van der Waals surface area contributed by atoms with Crippen molar-refractivity contribution in [2.24, 2.45) is 5.73 Å². The standard InChI is InChI=1S/C12H18N2O2/c1-10(11-5-3-2-4-6-11)14-12(15)9-16-8-7-13/h2-6,10H,7-9,13H2,1H3,(H,14,15)/t10-/m1/s1. The molecule has 3 N–H and O–H groups in total. The highest BCUT2D eigenvalue weighted by Crippen LogP contribution is 2.10. The molecule has 1 amide bonds. The first-order valence-corrected chi connectivity index (χ1v) is 5.36. The van der Waals surface area contributed by atoms with E-state index in [1.165, 1.54) is 0 Å². The van der Waals surface area contributed by atoms with Crippen LogP contribution in [0.4, 0.5) is 0 Å². The summed E-state index contributed by atoms with van der Waals surface area (Å²) in [5, 5.41) is 2.85. The van der Waals surface area contributed by atoms with E-state index >= 15 is 0 Å². The molecular formula is C12H18N2O2. The number of carbonyl (C=O) groups is 1. The van der Waals surface area contributed by atoms with Crippen molar-refractivity contribution in [3.05, 3.63) is 35.9 Å². The van der Waals surface area contributed by atoms with Gasteiger partial charge >= 0.3 is 0 Å². The Morgan fingerprint density at radius 2 is 2.12 bits per heavy atom. The summed E-state index contributed by atoms with van der Waals surface area (Å²) >= 11 is 0. The van der Waals surface area contributed by atoms with Crippen LogP contribution in [0, 0.1) is 0 Å². The van der Waals surface area contributed by atoms with Gasteiger partial charge in [0.15, 0.2) is 0 Å². The summed E-state index contributed by atoms with van der Waals surface area (Å²) in [7, 11) is 0. The highest BCUT2D eigenvalue weighted by Gasteiger charge is 2.08. The number of benzene rings is 1. The van der Waals surface area contributed by atoms with Gasteiger partial charge in [-0.1, -0.05) is 30.3 Å². The van der Waals surface area contributed by atoms with Gasteiger partial charge in [-0.2, -0.15) is 0 Å². The van der Waals surface area contributed by atoms with Crippen LogP contribution in [-0.4, -0.2) is 25.7 Å². The predicted molar refractivity (Wildman–Crippen MR) is 62.9 cm³/mol. The number of ether oxygens (including phenoxy) is 1. The number of amides is 1. The van der Waals surface area contributed by atoms with Gasteiger partial charge in [-0.25, -0.2) is 0 Å². The maximum absolute atomic E-state index is 11.4. The third-order valence-corrected chi connectivity index (χ3v) is 2.17. The lowest BCUT2D eigenvalue weighted by atomic mass is 10.1. The molecule has 1 aromatic carbocycles. The summed E-state index contributed by atoms with van der Waals surface area (Å²) in [5.41, 5.74) is 6.33. The van der Waals surface area contributed by atoms with Gasteiger partial charge in [0.1, 0.15) is 6.61 Å². The van der Waals surface area contributed by atoms with Gasteiger partial charge in [-0.3, -0.25) is 4.79 Å². The third-order valence-electron chi connectivity index (χ3n) is 2.17. The van der Waals surface area contributed by atoms with E-state index in [0.717, 1.165) is 5.56 Å². The van der Waals surface area contributed by atoms with Gasteiger partial charge in [0.25, 0.3) is 0 Å². The van der Waals surface area contributed by atoms with Crippen molar-refractivity contribution >= 4 is 5.91 Å². The second-order valence-corrected chi connectivity index (χ2v) is 3.54. The van der Waals surface area contributed by atoms with Crippen LogP contribution < -0.4 is 11.1 Å². The summed E-state index contributed by atoms with van der Waals surface area (Å²) in [6, 6.07) is 9.79. The first-order chi connectivity index (χ1) is 7.74. The van der Waals surface area contributed by atoms with E-state index in [9.17, 15) is 4.79 Å². The third kappa shape index (κ3) is 4.42. The Morgan fingerprint density at radius 3 is 2.75 bits per heavy atom. The molecule has 0 saturated heterocycles. The maximum Gasteiger partial charge on any atom is 0.246 e. The summed E-state index contributed by atoms with van der Waals surface area (Å²) < 4.78 is 5.04. The molecule has 1 aromatic rings. The van der Waals surface area contributed by atoms with Gasteiger partial charge in [-0.15, -0.1) is 0 Å². The second-order valence-electron chi connectivity index (χ2n) is 3.54. The van der Waals surface area contributed by atoms with Crippen molar-refractivity contribution in [2.75, 3.05) is 19.8 Å². The van der Waals surface area contributed by atoms with E-state index in [0.29, 0.717) is 13.2 Å². The lowest BCUT2D eigenvalue weighted by molar-refractivity contribution is -0.126. The van der Waals surface area contributed by atoms with Crippen LogP contribution in [0.15, 0.2) is 30.3 Å². The quantitative estimate of drug-likeness (QED) is 0.701. The summed E-state index contributed by atoms with van der Waals surface area (Å²) in [5.74, 6) is -0.121. The zero-order valence-corrected chi connectivity index (χ0v) is 9.48. The summed E-state index contributed by atoms with van der Waals surface area (Å²) in [4.78, 5) is 11.4. The van der Waals surface area contributed by atoms with Gasteiger partial charge in [0.05, 0.1) is 12.6 Å². The Labute approximate surface area is 95.8 Å². The number of rotatable bonds is 6. The summed E-state index contributed by atoms with van der Waals surface area (Å²) in [6.07, 6.45) is 0. The fraction of sp³-hybridized carbons (Fsp3) is 0.417. The first-order valence-electron chi connectivity index (χ1n) is 5.36. The molecule has 0 aliphatic heterocycles. The second kappa shape index (κ2) is 6.98. The van der Waals surface area contributed by atoms with Crippen molar-refractivity contribution in [3.8, 4) is 0 Å². The van der Waals surface area contributed by atoms with Crippen LogP contribution in [0.3, 0.4) is 0 Å². The molecule has 4 nitrogen and oxygen atoms in total. The fourth-order valence-corrected chi connectivity index (χ4v) is 1.36. The average molecular weight is 222 g/mol. The van der Waals surface area contributed by atoms with Crippen LogP contribution in [0.2, 0.25) is 0 Å². The molecule has 88 valence electrons. The number of carbonyl (C=O) groups excluding carboxylic acids is 1. The SMILES string of the molecule is C[C@@H](NC(=O)COCCN)c1ccccc1. The van der Waals surface area contributed by atoms with Crippen molar-refractivity contribution in [3.63, 3.8) is 0 Å². The van der Waals surface area contributed by atoms with Gasteiger partial charge in [0, 0.05) is 6.54 Å². The van der Waals surface area contributed by atoms with Gasteiger partial charge in [0.2, 0.25) is 5.91 Å². The smallest absolute Gasteiger partial charge is 0.246 e. The zero-order chi connectivity index (χ0) is 11.8. The molecule has 0 fully saturated rings. The fourth-order valence-electron chi connectivity index (χ4n) is 1.36. The molecule has 0 unspecified atom stereocenters. The minimum atomic E-state index is -0.121. The molecule has 0 radical (unpaired) electrons. The normalized spacial score (nSPS) is 12.1. The maximum atomic E-state index is 11.4. The number of nitrogens with two attached hydrogens (primary N) is 1. The molecule has 0 heterocycles. The van der Waals surface area contributed by atoms with Crippen LogP contribution in [0.1, 0.15) is 18.5 Å². The monoisotopic (exact) mass is 222 g/mol. The van der Waals surface area contributed by atoms with Crippen molar-refractivity contribution in [2.45, 2.75) is 13.0 Å². The minimum Gasteiger partial charge on any atom is -0.370 e. The highest BCUT2D eigenvalue weighted by molar-refractivity contribution is 5.77. The molecule has 0 bridgehead atoms. The van der Waals surface area contributed by atoms with Crippen molar-refractivity contribution in [1.82, 2.24) is 5.32 Å². The number of hydrogen-bond acceptors (Lipinski definition) is 3. The molecule has 0 aliphatic carbocycles. The summed E-state index contributed by atoms with van der Waals surface area (Å²) in [6.45, 7) is 2.85. The Morgan fingerprint density at radius 1 is 1.44 bits per heavy atom. The Kier molecular flexibility index (Phi) is 5.53. The molecule has 0 spiro atoms. The van der Waals surface area contributed by atoms with Crippen molar-refractivity contribution < 1.29 is 9.53 Å². The Hall–Kier alpha value is -1.39. The van der Waals surface area contributed by atoms with Crippen LogP contribution in [0.5, 0.6) is 0 Å². The topological polar surface area (TPSA) is 64.3 Å². The molecule has 4 heteroatoms. The van der Waals surface area contributed by atoms with Crippen molar-refractivity contribution in [1.29, 1.82) is 0 Å². The lowest BCUT2D eigenvalue weighted by Crippen LogP contribution is -2.30. The molecular weight excluding hydrogens is 204 g/mol. The largest absolute Gasteiger partial charge is 0.370 e. The van der Waals surface area contributed by atoms with E-state index in [4.69, 9.17) is 10.5 Å². The Bertz CT molecular complexity index is 314. The molecule has 1 rings (SSSR count). The molecule has 0 saturated carbocycles. The van der Waals surface area contributed by atoms with E-state index in [-0.39, 0.29) is 18.6 Å². The predicted octanol–water partition coefficient (Wildman–Crippen LogP) is 0.839. The molecule has 1 atom stereocenters. The zero-order valence-electron chi connectivity index (χ0n) is 9.48. The van der Waals surface area contributed by atoms with E-state index < -0.39 is 0 Å².